The number of anilines is 1. The standard InChI is InChI=1S/C19H13ClN2O6/c1-28-18(26)11-3-5-12(6-4-11)22-17(25)13(16(24)21-19(22)27)8-10-2-7-15(23)14(20)9-10/h2-9,23H,1H3,(H,21,24,27)/b13-8+. The number of urea groups is 1. The lowest BCUT2D eigenvalue weighted by Gasteiger charge is -2.26. The number of hydrogen-bond donors (Lipinski definition) is 2. The molecule has 0 spiro atoms. The van der Waals surface area contributed by atoms with Crippen molar-refractivity contribution in [3.8, 4) is 5.75 Å². The van der Waals surface area contributed by atoms with Gasteiger partial charge in [-0.1, -0.05) is 17.7 Å². The Morgan fingerprint density at radius 3 is 2.43 bits per heavy atom. The molecular weight excluding hydrogens is 388 g/mol. The minimum atomic E-state index is -0.915. The minimum absolute atomic E-state index is 0.0457. The molecule has 1 fully saturated rings. The number of methoxy groups -OCH3 is 1. The minimum Gasteiger partial charge on any atom is -0.506 e. The highest BCUT2D eigenvalue weighted by atomic mass is 35.5. The van der Waals surface area contributed by atoms with Gasteiger partial charge in [0, 0.05) is 0 Å². The van der Waals surface area contributed by atoms with Crippen molar-refractivity contribution in [3.63, 3.8) is 0 Å². The number of aromatic hydroxyl groups is 1. The molecule has 1 aliphatic heterocycles. The highest BCUT2D eigenvalue weighted by Crippen LogP contribution is 2.26. The van der Waals surface area contributed by atoms with Crippen LogP contribution in [0.1, 0.15) is 15.9 Å². The molecule has 0 atom stereocenters. The molecule has 2 aromatic carbocycles. The molecule has 0 bridgehead atoms. The molecular formula is C19H13ClN2O6. The summed E-state index contributed by atoms with van der Waals surface area (Å²) in [7, 11) is 1.23. The quantitative estimate of drug-likeness (QED) is 0.465. The monoisotopic (exact) mass is 400 g/mol. The predicted molar refractivity (Wildman–Crippen MR) is 99.9 cm³/mol. The number of esters is 1. The van der Waals surface area contributed by atoms with Gasteiger partial charge in [-0.25, -0.2) is 14.5 Å². The molecule has 9 heteroatoms. The Labute approximate surface area is 164 Å². The van der Waals surface area contributed by atoms with Gasteiger partial charge in [0.1, 0.15) is 11.3 Å². The van der Waals surface area contributed by atoms with Gasteiger partial charge >= 0.3 is 12.0 Å². The fourth-order valence-electron chi connectivity index (χ4n) is 2.54. The van der Waals surface area contributed by atoms with E-state index < -0.39 is 23.8 Å². The van der Waals surface area contributed by atoms with Gasteiger partial charge in [-0.15, -0.1) is 0 Å². The van der Waals surface area contributed by atoms with Crippen molar-refractivity contribution < 1.29 is 29.0 Å². The smallest absolute Gasteiger partial charge is 0.337 e. The van der Waals surface area contributed by atoms with Crippen LogP contribution >= 0.6 is 11.6 Å². The largest absolute Gasteiger partial charge is 0.506 e. The zero-order chi connectivity index (χ0) is 20.4. The fourth-order valence-corrected chi connectivity index (χ4v) is 2.72. The first-order valence-electron chi connectivity index (χ1n) is 7.90. The molecule has 142 valence electrons. The van der Waals surface area contributed by atoms with Crippen LogP contribution in [-0.2, 0) is 14.3 Å². The van der Waals surface area contributed by atoms with Crippen LogP contribution < -0.4 is 10.2 Å². The summed E-state index contributed by atoms with van der Waals surface area (Å²) in [5.41, 5.74) is 0.494. The van der Waals surface area contributed by atoms with E-state index >= 15 is 0 Å². The summed E-state index contributed by atoms with van der Waals surface area (Å²) in [5.74, 6) is -2.42. The number of hydrogen-bond acceptors (Lipinski definition) is 6. The second kappa shape index (κ2) is 7.53. The van der Waals surface area contributed by atoms with Crippen molar-refractivity contribution in [2.75, 3.05) is 12.0 Å². The molecule has 2 N–H and O–H groups in total. The highest BCUT2D eigenvalue weighted by molar-refractivity contribution is 6.39. The molecule has 0 radical (unpaired) electrons. The van der Waals surface area contributed by atoms with Crippen LogP contribution in [-0.4, -0.2) is 36.0 Å². The van der Waals surface area contributed by atoms with E-state index in [2.05, 4.69) is 10.1 Å². The number of phenolic OH excluding ortho intramolecular Hbond substituents is 1. The first-order valence-corrected chi connectivity index (χ1v) is 8.28. The average molecular weight is 401 g/mol. The van der Waals surface area contributed by atoms with E-state index in [1.807, 2.05) is 0 Å². The number of carbonyl (C=O) groups is 4. The van der Waals surface area contributed by atoms with Crippen LogP contribution in [0.5, 0.6) is 5.75 Å². The number of amides is 4. The van der Waals surface area contributed by atoms with Gasteiger partial charge in [0.05, 0.1) is 23.4 Å². The van der Waals surface area contributed by atoms with Crippen LogP contribution in [0.4, 0.5) is 10.5 Å². The summed E-state index contributed by atoms with van der Waals surface area (Å²) in [6.07, 6.45) is 1.26. The summed E-state index contributed by atoms with van der Waals surface area (Å²) < 4.78 is 4.60. The van der Waals surface area contributed by atoms with Crippen molar-refractivity contribution >= 4 is 47.2 Å². The Kier molecular flexibility index (Phi) is 5.14. The van der Waals surface area contributed by atoms with E-state index in [1.54, 1.807) is 0 Å². The van der Waals surface area contributed by atoms with E-state index in [1.165, 1.54) is 55.7 Å². The first-order chi connectivity index (χ1) is 13.3. The summed E-state index contributed by atoms with van der Waals surface area (Å²) in [6.45, 7) is 0. The number of imide groups is 2. The number of halogens is 1. The molecule has 0 aliphatic carbocycles. The normalized spacial score (nSPS) is 15.6. The van der Waals surface area contributed by atoms with Crippen LogP contribution in [0.25, 0.3) is 6.08 Å². The van der Waals surface area contributed by atoms with Crippen LogP contribution in [0.15, 0.2) is 48.0 Å². The average Bonchev–Trinajstić information content (AvgIpc) is 2.67. The van der Waals surface area contributed by atoms with Crippen molar-refractivity contribution in [2.45, 2.75) is 0 Å². The topological polar surface area (TPSA) is 113 Å². The van der Waals surface area contributed by atoms with E-state index in [0.717, 1.165) is 4.90 Å². The van der Waals surface area contributed by atoms with Gasteiger partial charge in [-0.3, -0.25) is 14.9 Å². The van der Waals surface area contributed by atoms with E-state index in [0.29, 0.717) is 5.56 Å². The summed E-state index contributed by atoms with van der Waals surface area (Å²) >= 11 is 5.84. The molecule has 3 rings (SSSR count). The molecule has 2 aromatic rings. The van der Waals surface area contributed by atoms with Crippen LogP contribution in [0.2, 0.25) is 5.02 Å². The van der Waals surface area contributed by atoms with Crippen molar-refractivity contribution in [3.05, 3.63) is 64.2 Å². The molecule has 1 saturated heterocycles. The second-order valence-electron chi connectivity index (χ2n) is 5.71. The third-order valence-corrected chi connectivity index (χ3v) is 4.23. The zero-order valence-electron chi connectivity index (χ0n) is 14.4. The van der Waals surface area contributed by atoms with Gasteiger partial charge in [0.15, 0.2) is 0 Å². The Morgan fingerprint density at radius 1 is 1.14 bits per heavy atom. The highest BCUT2D eigenvalue weighted by Gasteiger charge is 2.36. The fraction of sp³-hybridized carbons (Fsp3) is 0.0526. The van der Waals surface area contributed by atoms with Gasteiger partial charge in [-0.2, -0.15) is 0 Å². The summed E-state index contributed by atoms with van der Waals surface area (Å²) in [4.78, 5) is 49.4. The van der Waals surface area contributed by atoms with Crippen LogP contribution in [0.3, 0.4) is 0 Å². The molecule has 4 amide bonds. The maximum Gasteiger partial charge on any atom is 0.337 e. The lowest BCUT2D eigenvalue weighted by molar-refractivity contribution is -0.122. The maximum absolute atomic E-state index is 12.8. The number of nitrogens with one attached hydrogen (secondary N) is 1. The SMILES string of the molecule is COC(=O)c1ccc(N2C(=O)NC(=O)/C(=C\c3ccc(O)c(Cl)c3)C2=O)cc1. The third-order valence-electron chi connectivity index (χ3n) is 3.93. The van der Waals surface area contributed by atoms with Crippen molar-refractivity contribution in [1.82, 2.24) is 5.32 Å². The van der Waals surface area contributed by atoms with Crippen LogP contribution in [0, 0.1) is 0 Å². The van der Waals surface area contributed by atoms with Crippen molar-refractivity contribution in [2.24, 2.45) is 0 Å². The molecule has 28 heavy (non-hydrogen) atoms. The first kappa shape index (κ1) is 19.1. The molecule has 1 aliphatic rings. The predicted octanol–water partition coefficient (Wildman–Crippen LogP) is 2.50. The summed E-state index contributed by atoms with van der Waals surface area (Å²) in [5, 5.41) is 11.6. The van der Waals surface area contributed by atoms with E-state index in [-0.39, 0.29) is 27.6 Å². The number of benzene rings is 2. The number of carbonyl (C=O) groups excluding carboxylic acids is 4. The second-order valence-corrected chi connectivity index (χ2v) is 6.11. The number of rotatable bonds is 3. The number of phenols is 1. The number of nitrogens with zero attached hydrogens (tertiary/aromatic N) is 1. The van der Waals surface area contributed by atoms with E-state index in [4.69, 9.17) is 11.6 Å². The Bertz CT molecular complexity index is 1030. The van der Waals surface area contributed by atoms with Gasteiger partial charge in [0.2, 0.25) is 0 Å². The number of barbiturate groups is 1. The van der Waals surface area contributed by atoms with Gasteiger partial charge < -0.3 is 9.84 Å². The maximum atomic E-state index is 12.8. The lowest BCUT2D eigenvalue weighted by Crippen LogP contribution is -2.54. The summed E-state index contributed by atoms with van der Waals surface area (Å²) in [6, 6.07) is 8.78. The van der Waals surface area contributed by atoms with E-state index in [9.17, 15) is 24.3 Å². The van der Waals surface area contributed by atoms with Gasteiger partial charge in [0.25, 0.3) is 11.8 Å². The third kappa shape index (κ3) is 3.58. The Morgan fingerprint density at radius 2 is 1.82 bits per heavy atom. The van der Waals surface area contributed by atoms with Crippen molar-refractivity contribution in [1.29, 1.82) is 0 Å². The Balaban J connectivity index is 1.97. The molecule has 1 heterocycles. The van der Waals surface area contributed by atoms with Gasteiger partial charge in [-0.05, 0) is 48.0 Å². The molecule has 0 unspecified atom stereocenters. The zero-order valence-corrected chi connectivity index (χ0v) is 15.2. The number of ether oxygens (including phenoxy) is 1. The lowest BCUT2D eigenvalue weighted by atomic mass is 10.1. The Hall–Kier alpha value is -3.65. The molecule has 0 aromatic heterocycles. The molecule has 0 saturated carbocycles. The molecule has 8 nitrogen and oxygen atoms in total.